The van der Waals surface area contributed by atoms with Crippen LogP contribution >= 0.6 is 12.6 Å². The molecule has 0 aliphatic rings. The standard InChI is InChI=1S/C23H26N4O2S/c1-23(30,20-15-17-7-4-5-8-19(17)24-20)22-26-25-21(29-22)16-9-11-18(12-10-16)28-14-6-13-27(2)3/h4-5,7-12,15,24,30H,6,13-14H2,1-3H3. The average Bonchev–Trinajstić information content (AvgIpc) is 3.39. The molecule has 4 aromatic rings. The Kier molecular flexibility index (Phi) is 5.83. The Bertz CT molecular complexity index is 1080. The molecule has 0 saturated heterocycles. The van der Waals surface area contributed by atoms with Gasteiger partial charge in [-0.15, -0.1) is 10.2 Å². The number of nitrogens with one attached hydrogen (secondary N) is 1. The Morgan fingerprint density at radius 1 is 1.10 bits per heavy atom. The molecule has 2 aromatic carbocycles. The van der Waals surface area contributed by atoms with E-state index in [4.69, 9.17) is 21.8 Å². The number of aromatic nitrogens is 3. The molecule has 156 valence electrons. The van der Waals surface area contributed by atoms with E-state index in [2.05, 4.69) is 46.3 Å². The summed E-state index contributed by atoms with van der Waals surface area (Å²) in [6, 6.07) is 17.9. The number of fused-ring (bicyclic) bond motifs is 1. The van der Waals surface area contributed by atoms with Crippen LogP contribution in [0.2, 0.25) is 0 Å². The van der Waals surface area contributed by atoms with Gasteiger partial charge in [-0.05, 0) is 69.2 Å². The average molecular weight is 423 g/mol. The Morgan fingerprint density at radius 3 is 2.60 bits per heavy atom. The normalized spacial score (nSPS) is 13.6. The molecule has 2 aromatic heterocycles. The lowest BCUT2D eigenvalue weighted by atomic mass is 10.1. The molecule has 0 radical (unpaired) electrons. The van der Waals surface area contributed by atoms with Crippen molar-refractivity contribution in [3.63, 3.8) is 0 Å². The maximum Gasteiger partial charge on any atom is 0.247 e. The summed E-state index contributed by atoms with van der Waals surface area (Å²) < 4.78 is 11.0. The Labute approximate surface area is 181 Å². The number of H-pyrrole nitrogens is 1. The van der Waals surface area contributed by atoms with Gasteiger partial charge in [-0.1, -0.05) is 18.2 Å². The molecule has 0 amide bonds. The van der Waals surface area contributed by atoms with Crippen LogP contribution in [0.25, 0.3) is 22.4 Å². The fourth-order valence-corrected chi connectivity index (χ4v) is 3.46. The van der Waals surface area contributed by atoms with Gasteiger partial charge in [0.2, 0.25) is 11.8 Å². The molecular weight excluding hydrogens is 396 g/mol. The molecule has 30 heavy (non-hydrogen) atoms. The third-order valence-corrected chi connectivity index (χ3v) is 5.45. The first kappa shape index (κ1) is 20.5. The number of hydrogen-bond donors (Lipinski definition) is 2. The topological polar surface area (TPSA) is 67.2 Å². The monoisotopic (exact) mass is 422 g/mol. The zero-order chi connectivity index (χ0) is 21.1. The van der Waals surface area contributed by atoms with Crippen molar-refractivity contribution in [3.8, 4) is 17.2 Å². The zero-order valence-electron chi connectivity index (χ0n) is 17.4. The minimum atomic E-state index is -0.736. The van der Waals surface area contributed by atoms with Crippen LogP contribution < -0.4 is 4.74 Å². The van der Waals surface area contributed by atoms with Gasteiger partial charge in [0.1, 0.15) is 10.5 Å². The summed E-state index contributed by atoms with van der Waals surface area (Å²) in [5.41, 5.74) is 2.80. The van der Waals surface area contributed by atoms with Crippen LogP contribution in [0.3, 0.4) is 0 Å². The van der Waals surface area contributed by atoms with Crippen molar-refractivity contribution >= 4 is 23.5 Å². The van der Waals surface area contributed by atoms with Crippen molar-refractivity contribution in [1.82, 2.24) is 20.1 Å². The second-order valence-electron chi connectivity index (χ2n) is 7.78. The summed E-state index contributed by atoms with van der Waals surface area (Å²) in [4.78, 5) is 5.54. The van der Waals surface area contributed by atoms with Crippen LogP contribution in [0.5, 0.6) is 5.75 Å². The first-order chi connectivity index (χ1) is 14.4. The number of nitrogens with zero attached hydrogens (tertiary/aromatic N) is 3. The van der Waals surface area contributed by atoms with Crippen LogP contribution in [0, 0.1) is 0 Å². The zero-order valence-corrected chi connectivity index (χ0v) is 18.3. The summed E-state index contributed by atoms with van der Waals surface area (Å²) in [6.45, 7) is 3.63. The first-order valence-electron chi connectivity index (χ1n) is 9.96. The van der Waals surface area contributed by atoms with Gasteiger partial charge in [0.15, 0.2) is 0 Å². The van der Waals surface area contributed by atoms with Gasteiger partial charge < -0.3 is 19.0 Å². The largest absolute Gasteiger partial charge is 0.494 e. The van der Waals surface area contributed by atoms with Crippen LogP contribution in [0.15, 0.2) is 59.0 Å². The second-order valence-corrected chi connectivity index (χ2v) is 8.68. The molecule has 0 bridgehead atoms. The molecule has 1 N–H and O–H groups in total. The highest BCUT2D eigenvalue weighted by molar-refractivity contribution is 7.81. The predicted molar refractivity (Wildman–Crippen MR) is 122 cm³/mol. The molecule has 1 atom stereocenters. The van der Waals surface area contributed by atoms with E-state index < -0.39 is 4.75 Å². The molecule has 7 heteroatoms. The van der Waals surface area contributed by atoms with E-state index in [9.17, 15) is 0 Å². The highest BCUT2D eigenvalue weighted by atomic mass is 32.1. The van der Waals surface area contributed by atoms with E-state index in [0.717, 1.165) is 40.9 Å². The molecule has 0 fully saturated rings. The highest BCUT2D eigenvalue weighted by Crippen LogP contribution is 2.37. The first-order valence-corrected chi connectivity index (χ1v) is 10.4. The lowest BCUT2D eigenvalue weighted by Gasteiger charge is -2.17. The minimum Gasteiger partial charge on any atom is -0.494 e. The number of rotatable bonds is 8. The van der Waals surface area contributed by atoms with Crippen molar-refractivity contribution in [1.29, 1.82) is 0 Å². The van der Waals surface area contributed by atoms with E-state index in [1.54, 1.807) is 0 Å². The third-order valence-electron chi connectivity index (χ3n) is 5.02. The van der Waals surface area contributed by atoms with Crippen molar-refractivity contribution < 1.29 is 9.15 Å². The van der Waals surface area contributed by atoms with E-state index in [0.29, 0.717) is 18.4 Å². The number of thiol groups is 1. The van der Waals surface area contributed by atoms with Gasteiger partial charge in [0, 0.05) is 23.3 Å². The quantitative estimate of drug-likeness (QED) is 0.317. The van der Waals surface area contributed by atoms with Crippen LogP contribution in [-0.2, 0) is 4.75 Å². The lowest BCUT2D eigenvalue weighted by Crippen LogP contribution is -2.16. The summed E-state index contributed by atoms with van der Waals surface area (Å²) in [5, 5.41) is 9.61. The number of aromatic amines is 1. The smallest absolute Gasteiger partial charge is 0.247 e. The maximum atomic E-state index is 5.98. The van der Waals surface area contributed by atoms with E-state index in [-0.39, 0.29) is 0 Å². The Hall–Kier alpha value is -2.77. The fraction of sp³-hybridized carbons (Fsp3) is 0.304. The van der Waals surface area contributed by atoms with E-state index in [1.807, 2.05) is 49.4 Å². The van der Waals surface area contributed by atoms with Gasteiger partial charge in [0.25, 0.3) is 0 Å². The van der Waals surface area contributed by atoms with Gasteiger partial charge >= 0.3 is 0 Å². The predicted octanol–water partition coefficient (Wildman–Crippen LogP) is 4.74. The summed E-state index contributed by atoms with van der Waals surface area (Å²) in [5.74, 6) is 1.73. The Morgan fingerprint density at radius 2 is 1.87 bits per heavy atom. The minimum absolute atomic E-state index is 0.441. The fourth-order valence-electron chi connectivity index (χ4n) is 3.25. The summed E-state index contributed by atoms with van der Waals surface area (Å²) in [7, 11) is 4.11. The number of para-hydroxylation sites is 1. The molecule has 2 heterocycles. The number of ether oxygens (including phenoxy) is 1. The maximum absolute atomic E-state index is 5.98. The molecule has 4 rings (SSSR count). The van der Waals surface area contributed by atoms with Crippen molar-refractivity contribution in [2.75, 3.05) is 27.2 Å². The van der Waals surface area contributed by atoms with Gasteiger partial charge in [-0.25, -0.2) is 0 Å². The second kappa shape index (κ2) is 8.53. The third kappa shape index (κ3) is 4.37. The number of hydrogen-bond acceptors (Lipinski definition) is 6. The molecule has 0 aliphatic carbocycles. The Balaban J connectivity index is 1.48. The van der Waals surface area contributed by atoms with Crippen molar-refractivity contribution in [3.05, 3.63) is 66.2 Å². The van der Waals surface area contributed by atoms with E-state index >= 15 is 0 Å². The van der Waals surface area contributed by atoms with Gasteiger partial charge in [0.05, 0.1) is 6.61 Å². The van der Waals surface area contributed by atoms with E-state index in [1.165, 1.54) is 0 Å². The summed E-state index contributed by atoms with van der Waals surface area (Å²) in [6.07, 6.45) is 0.982. The number of benzene rings is 2. The van der Waals surface area contributed by atoms with Crippen LogP contribution in [0.4, 0.5) is 0 Å². The molecule has 1 unspecified atom stereocenters. The van der Waals surface area contributed by atoms with Crippen LogP contribution in [0.1, 0.15) is 24.9 Å². The lowest BCUT2D eigenvalue weighted by molar-refractivity contribution is 0.281. The summed E-state index contributed by atoms with van der Waals surface area (Å²) >= 11 is 4.83. The van der Waals surface area contributed by atoms with Gasteiger partial charge in [-0.2, -0.15) is 12.6 Å². The van der Waals surface area contributed by atoms with Crippen molar-refractivity contribution in [2.45, 2.75) is 18.1 Å². The van der Waals surface area contributed by atoms with Gasteiger partial charge in [-0.3, -0.25) is 0 Å². The highest BCUT2D eigenvalue weighted by Gasteiger charge is 2.32. The van der Waals surface area contributed by atoms with Crippen LogP contribution in [-0.4, -0.2) is 47.3 Å². The molecule has 6 nitrogen and oxygen atoms in total. The van der Waals surface area contributed by atoms with Crippen molar-refractivity contribution in [2.24, 2.45) is 0 Å². The molecule has 0 spiro atoms. The molecule has 0 saturated carbocycles. The molecular formula is C23H26N4O2S. The molecule has 0 aliphatic heterocycles. The SMILES string of the molecule is CN(C)CCCOc1ccc(-c2nnc(C(C)(S)c3cc4ccccc4[nH]3)o2)cc1.